The van der Waals surface area contributed by atoms with Crippen molar-refractivity contribution in [3.63, 3.8) is 0 Å². The number of hydrogen-bond donors (Lipinski definition) is 0. The Labute approximate surface area is 245 Å². The SMILES string of the molecule is COc1cc2cc(Br)sc2cn1.O=S(=O)(c1ccccc1)c1cc2cc(Br)sc2cn1.[CH3-].[Na+].[OH-]. The molecule has 0 unspecified atom stereocenters. The van der Waals surface area contributed by atoms with Gasteiger partial charge >= 0.3 is 29.6 Å². The molecule has 0 aliphatic rings. The van der Waals surface area contributed by atoms with Crippen LogP contribution in [0.1, 0.15) is 0 Å². The molecule has 0 saturated carbocycles. The molecule has 6 nitrogen and oxygen atoms in total. The Morgan fingerprint density at radius 2 is 1.38 bits per heavy atom. The number of fused-ring (bicyclic) bond motifs is 2. The molecule has 0 aliphatic heterocycles. The molecule has 12 heteroatoms. The van der Waals surface area contributed by atoms with Crippen LogP contribution in [-0.4, -0.2) is 31.0 Å². The van der Waals surface area contributed by atoms with E-state index in [1.54, 1.807) is 61.0 Å². The second kappa shape index (κ2) is 13.4. The van der Waals surface area contributed by atoms with Crippen LogP contribution in [0.4, 0.5) is 0 Å². The molecule has 0 atom stereocenters. The van der Waals surface area contributed by atoms with Crippen LogP contribution in [0.5, 0.6) is 5.88 Å². The average molecular weight is 653 g/mol. The number of pyridine rings is 2. The van der Waals surface area contributed by atoms with Crippen molar-refractivity contribution in [3.8, 4) is 5.88 Å². The molecule has 0 aliphatic carbocycles. The van der Waals surface area contributed by atoms with Crippen molar-refractivity contribution in [3.05, 3.63) is 82.0 Å². The molecule has 0 saturated heterocycles. The maximum Gasteiger partial charge on any atom is 1.00 e. The number of thiophene rings is 2. The minimum atomic E-state index is -3.54. The first-order chi connectivity index (χ1) is 14.9. The fourth-order valence-corrected chi connectivity index (χ4v) is 7.01. The van der Waals surface area contributed by atoms with E-state index in [4.69, 9.17) is 4.74 Å². The number of sulfone groups is 1. The molecular formula is C22H18Br2N2NaO4S3-. The number of benzene rings is 1. The van der Waals surface area contributed by atoms with Crippen LogP contribution in [0.3, 0.4) is 0 Å². The Morgan fingerprint density at radius 3 is 1.94 bits per heavy atom. The van der Waals surface area contributed by atoms with Crippen LogP contribution in [0, 0.1) is 7.43 Å². The number of ether oxygens (including phenoxy) is 1. The van der Waals surface area contributed by atoms with Crippen LogP contribution in [0.15, 0.2) is 84.5 Å². The molecule has 0 fully saturated rings. The zero-order valence-electron chi connectivity index (χ0n) is 18.4. The Morgan fingerprint density at radius 1 is 0.853 bits per heavy atom. The zero-order valence-corrected chi connectivity index (χ0v) is 26.0. The summed E-state index contributed by atoms with van der Waals surface area (Å²) in [6, 6.07) is 15.8. The van der Waals surface area contributed by atoms with E-state index in [2.05, 4.69) is 47.9 Å². The van der Waals surface area contributed by atoms with Gasteiger partial charge in [0, 0.05) is 23.8 Å². The number of aromatic nitrogens is 2. The van der Waals surface area contributed by atoms with Crippen LogP contribution in [0.2, 0.25) is 0 Å². The number of nitrogens with zero attached hydrogens (tertiary/aromatic N) is 2. The summed E-state index contributed by atoms with van der Waals surface area (Å²) in [4.78, 5) is 8.44. The molecule has 4 aromatic heterocycles. The maximum absolute atomic E-state index is 12.4. The maximum atomic E-state index is 12.4. The van der Waals surface area contributed by atoms with Gasteiger partial charge in [0.05, 0.1) is 29.0 Å². The van der Waals surface area contributed by atoms with E-state index in [-0.39, 0.29) is 52.4 Å². The standard InChI is InChI=1S/C13H8BrNO2S2.C8H6BrNOS.CH3.Na.H2O/c14-12-6-9-7-13(15-8-11(9)18-12)19(16,17)10-4-2-1-3-5-10;1-11-8-3-5-2-7(9)12-6(5)4-10-8;;;/h1-8H;2-4H,1H3;1H3;;1H2/q;;-1;+1;/p-1. The summed E-state index contributed by atoms with van der Waals surface area (Å²) in [6.07, 6.45) is 3.42. The summed E-state index contributed by atoms with van der Waals surface area (Å²) in [6.45, 7) is 0. The molecule has 4 heterocycles. The van der Waals surface area contributed by atoms with Gasteiger partial charge in [0.25, 0.3) is 0 Å². The fourth-order valence-electron chi connectivity index (χ4n) is 2.77. The zero-order chi connectivity index (χ0) is 22.0. The third-order valence-corrected chi connectivity index (χ3v) is 9.08. The van der Waals surface area contributed by atoms with Crippen molar-refractivity contribution in [2.75, 3.05) is 7.11 Å². The second-order valence-electron chi connectivity index (χ2n) is 6.24. The number of hydrogen-bond acceptors (Lipinski definition) is 8. The third-order valence-electron chi connectivity index (χ3n) is 4.24. The van der Waals surface area contributed by atoms with Crippen LogP contribution >= 0.6 is 54.5 Å². The normalized spacial score (nSPS) is 10.3. The molecule has 1 aromatic carbocycles. The van der Waals surface area contributed by atoms with Crippen molar-refractivity contribution in [2.24, 2.45) is 0 Å². The van der Waals surface area contributed by atoms with Crippen LogP contribution in [0.25, 0.3) is 20.2 Å². The van der Waals surface area contributed by atoms with Crippen molar-refractivity contribution in [2.45, 2.75) is 9.92 Å². The topological polar surface area (TPSA) is 99.2 Å². The number of halogens is 2. The van der Waals surface area contributed by atoms with Gasteiger partial charge in [-0.1, -0.05) is 18.2 Å². The van der Waals surface area contributed by atoms with Gasteiger partial charge in [-0.15, -0.1) is 22.7 Å². The predicted molar refractivity (Wildman–Crippen MR) is 141 cm³/mol. The number of methoxy groups -OCH3 is 1. The van der Waals surface area contributed by atoms with E-state index in [9.17, 15) is 8.42 Å². The van der Waals surface area contributed by atoms with Gasteiger partial charge in [-0.3, -0.25) is 0 Å². The van der Waals surface area contributed by atoms with E-state index >= 15 is 0 Å². The van der Waals surface area contributed by atoms with Gasteiger partial charge in [0.2, 0.25) is 15.7 Å². The van der Waals surface area contributed by atoms with Gasteiger partial charge in [0.1, 0.15) is 0 Å². The molecule has 1 N–H and O–H groups in total. The summed E-state index contributed by atoms with van der Waals surface area (Å²) in [5, 5.41) is 2.12. The first-order valence-corrected chi connectivity index (χ1v) is 13.5. The molecular weight excluding hydrogens is 635 g/mol. The van der Waals surface area contributed by atoms with Gasteiger partial charge in [-0.25, -0.2) is 18.4 Å². The summed E-state index contributed by atoms with van der Waals surface area (Å²) < 4.78 is 34.0. The van der Waals surface area contributed by atoms with Crippen molar-refractivity contribution in [1.82, 2.24) is 9.97 Å². The fraction of sp³-hybridized carbons (Fsp3) is 0.0455. The van der Waals surface area contributed by atoms with Crippen molar-refractivity contribution < 1.29 is 48.2 Å². The van der Waals surface area contributed by atoms with Gasteiger partial charge in [-0.2, -0.15) is 0 Å². The van der Waals surface area contributed by atoms with Gasteiger partial charge < -0.3 is 17.6 Å². The first-order valence-electron chi connectivity index (χ1n) is 8.81. The van der Waals surface area contributed by atoms with Crippen LogP contribution < -0.4 is 34.3 Å². The van der Waals surface area contributed by atoms with E-state index in [0.717, 1.165) is 17.7 Å². The summed E-state index contributed by atoms with van der Waals surface area (Å²) in [5.41, 5.74) is 0. The minimum Gasteiger partial charge on any atom is -0.870 e. The smallest absolute Gasteiger partial charge is 0.870 e. The summed E-state index contributed by atoms with van der Waals surface area (Å²) in [7, 11) is -1.92. The molecule has 0 spiro atoms. The van der Waals surface area contributed by atoms with E-state index in [1.165, 1.54) is 21.4 Å². The molecule has 5 rings (SSSR count). The number of rotatable bonds is 3. The Bertz CT molecular complexity index is 1480. The third kappa shape index (κ3) is 7.08. The summed E-state index contributed by atoms with van der Waals surface area (Å²) >= 11 is 10.0. The molecule has 34 heavy (non-hydrogen) atoms. The average Bonchev–Trinajstić information content (AvgIpc) is 3.33. The largest absolute Gasteiger partial charge is 1.00 e. The van der Waals surface area contributed by atoms with Crippen molar-refractivity contribution in [1.29, 1.82) is 0 Å². The molecule has 5 aromatic rings. The van der Waals surface area contributed by atoms with E-state index in [1.807, 2.05) is 18.3 Å². The molecule has 0 amide bonds. The van der Waals surface area contributed by atoms with Gasteiger partial charge in [0.15, 0.2) is 5.03 Å². The van der Waals surface area contributed by atoms with E-state index in [0.29, 0.717) is 5.88 Å². The predicted octanol–water partition coefficient (Wildman–Crippen LogP) is 4.24. The minimum absolute atomic E-state index is 0. The van der Waals surface area contributed by atoms with Gasteiger partial charge in [-0.05, 0) is 67.6 Å². The molecule has 0 radical (unpaired) electrons. The second-order valence-corrected chi connectivity index (χ2v) is 13.1. The monoisotopic (exact) mass is 651 g/mol. The molecule has 0 bridgehead atoms. The quantitative estimate of drug-likeness (QED) is 0.214. The molecule has 174 valence electrons. The Kier molecular flexibility index (Phi) is 12.3. The van der Waals surface area contributed by atoms with Crippen molar-refractivity contribution >= 4 is 84.5 Å². The first kappa shape index (κ1) is 31.1. The summed E-state index contributed by atoms with van der Waals surface area (Å²) in [5.74, 6) is 0.660. The Balaban J connectivity index is 0.000000338. The Hall–Kier alpha value is -0.890. The van der Waals surface area contributed by atoms with E-state index < -0.39 is 9.84 Å². The van der Waals surface area contributed by atoms with Crippen LogP contribution in [-0.2, 0) is 9.84 Å².